The fourth-order valence-electron chi connectivity index (χ4n) is 3.20. The zero-order valence-electron chi connectivity index (χ0n) is 14.4. The highest BCUT2D eigenvalue weighted by atomic mass is 35.5. The van der Waals surface area contributed by atoms with Gasteiger partial charge in [0.15, 0.2) is 0 Å². The normalized spacial score (nSPS) is 11.1. The molecule has 0 atom stereocenters. The monoisotopic (exact) mass is 414 g/mol. The molecular formula is C22H13ClF2O2S. The van der Waals surface area contributed by atoms with Gasteiger partial charge in [-0.3, -0.25) is 0 Å². The Labute approximate surface area is 168 Å². The summed E-state index contributed by atoms with van der Waals surface area (Å²) in [5.74, 6) is -2.45. The first-order valence-corrected chi connectivity index (χ1v) is 9.60. The third-order valence-electron chi connectivity index (χ3n) is 4.40. The molecule has 2 nitrogen and oxygen atoms in total. The third kappa shape index (κ3) is 3.63. The SMILES string of the molecule is O=C(O)c1cc(-c2cccc3cc(Cc4cc(F)cc(Cl)c4)sc23)ccc1F. The Balaban J connectivity index is 1.77. The van der Waals surface area contributed by atoms with Crippen LogP contribution < -0.4 is 0 Å². The van der Waals surface area contributed by atoms with Gasteiger partial charge in [-0.25, -0.2) is 13.6 Å². The van der Waals surface area contributed by atoms with Crippen LogP contribution in [-0.4, -0.2) is 11.1 Å². The van der Waals surface area contributed by atoms with Crippen molar-refractivity contribution in [2.24, 2.45) is 0 Å². The van der Waals surface area contributed by atoms with E-state index in [0.29, 0.717) is 17.0 Å². The average Bonchev–Trinajstić information content (AvgIpc) is 3.03. The minimum atomic E-state index is -1.30. The molecule has 0 aliphatic carbocycles. The van der Waals surface area contributed by atoms with Crippen LogP contribution in [-0.2, 0) is 6.42 Å². The standard InChI is InChI=1S/C22H13ClF2O2S/c23-15-6-12(7-16(24)11-15)8-17-9-14-2-1-3-18(21(14)28-17)13-4-5-20(25)19(10-13)22(26)27/h1-7,9-11H,8H2,(H,26,27). The fourth-order valence-corrected chi connectivity index (χ4v) is 4.67. The van der Waals surface area contributed by atoms with Gasteiger partial charge in [-0.05, 0) is 58.5 Å². The lowest BCUT2D eigenvalue weighted by Gasteiger charge is -2.06. The van der Waals surface area contributed by atoms with E-state index in [0.717, 1.165) is 26.1 Å². The molecule has 0 amide bonds. The molecule has 0 saturated heterocycles. The van der Waals surface area contributed by atoms with Gasteiger partial charge in [-0.2, -0.15) is 0 Å². The largest absolute Gasteiger partial charge is 0.478 e. The molecule has 0 aliphatic rings. The Morgan fingerprint density at radius 1 is 1.04 bits per heavy atom. The molecule has 1 aromatic heterocycles. The molecule has 0 bridgehead atoms. The van der Waals surface area contributed by atoms with Crippen LogP contribution in [0, 0.1) is 11.6 Å². The molecule has 3 aromatic carbocycles. The van der Waals surface area contributed by atoms with Gasteiger partial charge in [0, 0.05) is 21.0 Å². The fraction of sp³-hybridized carbons (Fsp3) is 0.0455. The Morgan fingerprint density at radius 2 is 1.86 bits per heavy atom. The van der Waals surface area contributed by atoms with Gasteiger partial charge in [-0.15, -0.1) is 11.3 Å². The van der Waals surface area contributed by atoms with Crippen LogP contribution in [0.15, 0.2) is 60.7 Å². The molecule has 4 aromatic rings. The number of thiophene rings is 1. The van der Waals surface area contributed by atoms with E-state index in [-0.39, 0.29) is 11.4 Å². The van der Waals surface area contributed by atoms with Crippen LogP contribution in [0.2, 0.25) is 5.02 Å². The molecule has 6 heteroatoms. The van der Waals surface area contributed by atoms with Crippen molar-refractivity contribution in [1.82, 2.24) is 0 Å². The summed E-state index contributed by atoms with van der Waals surface area (Å²) in [6.45, 7) is 0. The van der Waals surface area contributed by atoms with Crippen molar-refractivity contribution in [3.05, 3.63) is 93.3 Å². The van der Waals surface area contributed by atoms with Crippen LogP contribution in [0.25, 0.3) is 21.2 Å². The summed E-state index contributed by atoms with van der Waals surface area (Å²) < 4.78 is 28.3. The summed E-state index contributed by atoms with van der Waals surface area (Å²) >= 11 is 7.48. The highest BCUT2D eigenvalue weighted by molar-refractivity contribution is 7.19. The Hall–Kier alpha value is -2.76. The maximum atomic E-state index is 13.7. The Bertz CT molecular complexity index is 1200. The molecule has 0 unspecified atom stereocenters. The molecule has 0 radical (unpaired) electrons. The van der Waals surface area contributed by atoms with Crippen molar-refractivity contribution in [3.63, 3.8) is 0 Å². The van der Waals surface area contributed by atoms with Gasteiger partial charge in [0.1, 0.15) is 11.6 Å². The van der Waals surface area contributed by atoms with E-state index in [9.17, 15) is 18.7 Å². The van der Waals surface area contributed by atoms with E-state index < -0.39 is 11.8 Å². The van der Waals surface area contributed by atoms with Gasteiger partial charge in [0.25, 0.3) is 0 Å². The van der Waals surface area contributed by atoms with E-state index in [1.165, 1.54) is 35.6 Å². The lowest BCUT2D eigenvalue weighted by atomic mass is 10.0. The molecular weight excluding hydrogens is 402 g/mol. The first kappa shape index (κ1) is 18.6. The number of carboxylic acids is 1. The molecule has 0 fully saturated rings. The van der Waals surface area contributed by atoms with E-state index >= 15 is 0 Å². The first-order valence-electron chi connectivity index (χ1n) is 8.40. The molecule has 4 rings (SSSR count). The number of halogens is 3. The number of aromatic carboxylic acids is 1. The van der Waals surface area contributed by atoms with Crippen molar-refractivity contribution in [2.75, 3.05) is 0 Å². The van der Waals surface area contributed by atoms with Crippen LogP contribution in [0.3, 0.4) is 0 Å². The van der Waals surface area contributed by atoms with Crippen LogP contribution in [0.5, 0.6) is 0 Å². The quantitative estimate of drug-likeness (QED) is 0.399. The maximum Gasteiger partial charge on any atom is 0.338 e. The summed E-state index contributed by atoms with van der Waals surface area (Å²) in [7, 11) is 0. The van der Waals surface area contributed by atoms with Crippen molar-refractivity contribution in [2.45, 2.75) is 6.42 Å². The minimum Gasteiger partial charge on any atom is -0.478 e. The van der Waals surface area contributed by atoms with Crippen LogP contribution in [0.4, 0.5) is 8.78 Å². The van der Waals surface area contributed by atoms with E-state index in [1.54, 1.807) is 12.1 Å². The predicted molar refractivity (Wildman–Crippen MR) is 108 cm³/mol. The van der Waals surface area contributed by atoms with Crippen molar-refractivity contribution in [3.8, 4) is 11.1 Å². The molecule has 0 aliphatic heterocycles. The number of carboxylic acid groups (broad SMARTS) is 1. The Kier molecular flexibility index (Phi) is 4.87. The van der Waals surface area contributed by atoms with Gasteiger partial charge in [-0.1, -0.05) is 35.9 Å². The Morgan fingerprint density at radius 3 is 2.61 bits per heavy atom. The van der Waals surface area contributed by atoms with Crippen molar-refractivity contribution < 1.29 is 18.7 Å². The molecule has 0 saturated carbocycles. The zero-order valence-corrected chi connectivity index (χ0v) is 16.0. The smallest absolute Gasteiger partial charge is 0.338 e. The number of fused-ring (bicyclic) bond motifs is 1. The number of hydrogen-bond acceptors (Lipinski definition) is 2. The topological polar surface area (TPSA) is 37.3 Å². The summed E-state index contributed by atoms with van der Waals surface area (Å²) in [6.07, 6.45) is 0.528. The van der Waals surface area contributed by atoms with Gasteiger partial charge in [0.05, 0.1) is 5.56 Å². The third-order valence-corrected chi connectivity index (χ3v) is 5.81. The first-order chi connectivity index (χ1) is 13.4. The summed E-state index contributed by atoms with van der Waals surface area (Å²) in [5.41, 5.74) is 1.87. The number of benzene rings is 3. The number of hydrogen-bond donors (Lipinski definition) is 1. The summed E-state index contributed by atoms with van der Waals surface area (Å²) in [6, 6.07) is 16.3. The van der Waals surface area contributed by atoms with Crippen LogP contribution in [0.1, 0.15) is 20.8 Å². The molecule has 1 N–H and O–H groups in total. The van der Waals surface area contributed by atoms with Crippen LogP contribution >= 0.6 is 22.9 Å². The van der Waals surface area contributed by atoms with E-state index in [4.69, 9.17) is 11.6 Å². The zero-order chi connectivity index (χ0) is 19.8. The average molecular weight is 415 g/mol. The lowest BCUT2D eigenvalue weighted by molar-refractivity contribution is 0.0692. The van der Waals surface area contributed by atoms with Crippen molar-refractivity contribution in [1.29, 1.82) is 0 Å². The molecule has 1 heterocycles. The highest BCUT2D eigenvalue weighted by Gasteiger charge is 2.14. The lowest BCUT2D eigenvalue weighted by Crippen LogP contribution is -2.00. The molecule has 28 heavy (non-hydrogen) atoms. The van der Waals surface area contributed by atoms with Crippen molar-refractivity contribution >= 4 is 39.0 Å². The van der Waals surface area contributed by atoms with E-state index in [1.807, 2.05) is 24.3 Å². The van der Waals surface area contributed by atoms with Gasteiger partial charge >= 0.3 is 5.97 Å². The number of carbonyl (C=O) groups is 1. The minimum absolute atomic E-state index is 0.351. The van der Waals surface area contributed by atoms with Gasteiger partial charge in [0.2, 0.25) is 0 Å². The predicted octanol–water partition coefficient (Wildman–Crippen LogP) is 6.79. The second-order valence-electron chi connectivity index (χ2n) is 6.39. The summed E-state index contributed by atoms with van der Waals surface area (Å²) in [5, 5.41) is 10.5. The second-order valence-corrected chi connectivity index (χ2v) is 7.96. The van der Waals surface area contributed by atoms with E-state index in [2.05, 4.69) is 0 Å². The number of rotatable bonds is 4. The molecule has 140 valence electrons. The van der Waals surface area contributed by atoms with Gasteiger partial charge < -0.3 is 5.11 Å². The summed E-state index contributed by atoms with van der Waals surface area (Å²) in [4.78, 5) is 12.3. The highest BCUT2D eigenvalue weighted by Crippen LogP contribution is 2.36. The maximum absolute atomic E-state index is 13.7. The molecule has 0 spiro atoms. The second kappa shape index (κ2) is 7.34.